The molecule has 2 rings (SSSR count). The average Bonchev–Trinajstić information content (AvgIpc) is 2.77. The monoisotopic (exact) mass is 264 g/mol. The number of hydrogen-bond acceptors (Lipinski definition) is 4. The van der Waals surface area contributed by atoms with E-state index in [-0.39, 0.29) is 17.7 Å². The smallest absolute Gasteiger partial charge is 0.232 e. The fourth-order valence-electron chi connectivity index (χ4n) is 2.16. The summed E-state index contributed by atoms with van der Waals surface area (Å²) in [6, 6.07) is 6.01. The lowest BCUT2D eigenvalue weighted by Gasteiger charge is -2.19. The van der Waals surface area contributed by atoms with Gasteiger partial charge in [0.05, 0.1) is 12.0 Å². The van der Waals surface area contributed by atoms with E-state index in [4.69, 9.17) is 4.52 Å². The number of halogens is 1. The van der Waals surface area contributed by atoms with Crippen molar-refractivity contribution in [3.8, 4) is 11.4 Å². The Morgan fingerprint density at radius 2 is 2.00 bits per heavy atom. The van der Waals surface area contributed by atoms with Gasteiger partial charge in [-0.15, -0.1) is 0 Å². The Kier molecular flexibility index (Phi) is 3.95. The Hall–Kier alpha value is -1.75. The molecule has 4 nitrogen and oxygen atoms in total. The lowest BCUT2D eigenvalue weighted by Crippen LogP contribution is -2.20. The minimum absolute atomic E-state index is 0.167. The summed E-state index contributed by atoms with van der Waals surface area (Å²) in [5.41, 5.74) is 0.558. The van der Waals surface area contributed by atoms with Crippen LogP contribution in [0.25, 0.3) is 11.4 Å². The number of aliphatic hydroxyl groups excluding tert-OH is 1. The van der Waals surface area contributed by atoms with Gasteiger partial charge in [0.25, 0.3) is 0 Å². The van der Waals surface area contributed by atoms with Crippen LogP contribution in [0.2, 0.25) is 0 Å². The predicted molar refractivity (Wildman–Crippen MR) is 69.0 cm³/mol. The van der Waals surface area contributed by atoms with Gasteiger partial charge in [0.15, 0.2) is 0 Å². The molecule has 2 atom stereocenters. The van der Waals surface area contributed by atoms with Crippen LogP contribution < -0.4 is 0 Å². The van der Waals surface area contributed by atoms with Crippen LogP contribution in [0.3, 0.4) is 0 Å². The minimum Gasteiger partial charge on any atom is -0.393 e. The van der Waals surface area contributed by atoms with E-state index in [0.29, 0.717) is 17.3 Å². The maximum absolute atomic E-state index is 13.1. The van der Waals surface area contributed by atoms with Crippen molar-refractivity contribution in [1.29, 1.82) is 0 Å². The van der Waals surface area contributed by atoms with Crippen LogP contribution >= 0.6 is 0 Å². The summed E-state index contributed by atoms with van der Waals surface area (Å²) in [5.74, 6) is 0.306. The summed E-state index contributed by atoms with van der Waals surface area (Å²) in [7, 11) is 0. The molecule has 2 unspecified atom stereocenters. The number of aromatic nitrogens is 2. The molecule has 0 aliphatic heterocycles. The van der Waals surface area contributed by atoms with Gasteiger partial charge in [0, 0.05) is 5.56 Å². The zero-order valence-electron chi connectivity index (χ0n) is 11.2. The van der Waals surface area contributed by atoms with E-state index in [9.17, 15) is 9.50 Å². The summed E-state index contributed by atoms with van der Waals surface area (Å²) >= 11 is 0. The second-order valence-electron chi connectivity index (χ2n) is 4.98. The van der Waals surface area contributed by atoms with Gasteiger partial charge >= 0.3 is 0 Å². The Morgan fingerprint density at radius 1 is 1.26 bits per heavy atom. The molecular weight excluding hydrogens is 247 g/mol. The van der Waals surface area contributed by atoms with Gasteiger partial charge in [-0.3, -0.25) is 0 Å². The zero-order chi connectivity index (χ0) is 14.0. The molecule has 2 aromatic rings. The Balaban J connectivity index is 2.33. The first-order valence-corrected chi connectivity index (χ1v) is 6.26. The molecule has 1 aromatic heterocycles. The Labute approximate surface area is 111 Å². The van der Waals surface area contributed by atoms with E-state index in [1.54, 1.807) is 19.1 Å². The van der Waals surface area contributed by atoms with Gasteiger partial charge < -0.3 is 9.63 Å². The number of hydrogen-bond donors (Lipinski definition) is 1. The lowest BCUT2D eigenvalue weighted by molar-refractivity contribution is 0.120. The molecule has 1 heterocycles. The summed E-state index contributed by atoms with van der Waals surface area (Å²) in [6.07, 6.45) is -0.583. The molecule has 0 spiro atoms. The van der Waals surface area contributed by atoms with Gasteiger partial charge in [0.1, 0.15) is 5.82 Å². The quantitative estimate of drug-likeness (QED) is 0.922. The molecule has 19 heavy (non-hydrogen) atoms. The van der Waals surface area contributed by atoms with Crippen LogP contribution in [0.4, 0.5) is 4.39 Å². The van der Waals surface area contributed by atoms with Gasteiger partial charge in [-0.2, -0.15) is 4.98 Å². The second-order valence-corrected chi connectivity index (χ2v) is 4.98. The third kappa shape index (κ3) is 2.98. The highest BCUT2D eigenvalue weighted by Crippen LogP contribution is 2.28. The molecule has 0 saturated heterocycles. The molecule has 1 N–H and O–H groups in total. The van der Waals surface area contributed by atoms with Crippen LogP contribution in [0.15, 0.2) is 28.8 Å². The Morgan fingerprint density at radius 3 is 2.58 bits per heavy atom. The zero-order valence-corrected chi connectivity index (χ0v) is 11.2. The van der Waals surface area contributed by atoms with E-state index in [2.05, 4.69) is 10.1 Å². The van der Waals surface area contributed by atoms with Gasteiger partial charge in [-0.25, -0.2) is 4.39 Å². The molecule has 0 amide bonds. The third-order valence-electron chi connectivity index (χ3n) is 3.05. The first-order valence-electron chi connectivity index (χ1n) is 6.26. The highest BCUT2D eigenvalue weighted by atomic mass is 19.1. The number of rotatable bonds is 4. The topological polar surface area (TPSA) is 59.2 Å². The van der Waals surface area contributed by atoms with E-state index in [0.717, 1.165) is 0 Å². The van der Waals surface area contributed by atoms with Gasteiger partial charge in [-0.1, -0.05) is 31.1 Å². The fourth-order valence-corrected chi connectivity index (χ4v) is 2.16. The van der Waals surface area contributed by atoms with Crippen molar-refractivity contribution in [3.63, 3.8) is 0 Å². The van der Waals surface area contributed by atoms with Crippen molar-refractivity contribution in [1.82, 2.24) is 10.1 Å². The van der Waals surface area contributed by atoms with Crippen molar-refractivity contribution in [2.24, 2.45) is 5.92 Å². The molecule has 0 bridgehead atoms. The first kappa shape index (κ1) is 13.7. The SMILES string of the molecule is CC(C)C(c1nc(-c2cccc(F)c2)no1)C(C)O. The van der Waals surface area contributed by atoms with Crippen LogP contribution in [0.5, 0.6) is 0 Å². The molecule has 0 aliphatic rings. The molecule has 0 radical (unpaired) electrons. The summed E-state index contributed by atoms with van der Waals surface area (Å²) in [4.78, 5) is 4.26. The van der Waals surface area contributed by atoms with E-state index < -0.39 is 6.10 Å². The van der Waals surface area contributed by atoms with Crippen molar-refractivity contribution in [3.05, 3.63) is 36.0 Å². The molecular formula is C14H17FN2O2. The normalized spacial score (nSPS) is 14.6. The van der Waals surface area contributed by atoms with Crippen molar-refractivity contribution >= 4 is 0 Å². The van der Waals surface area contributed by atoms with Gasteiger partial charge in [-0.05, 0) is 25.0 Å². The largest absolute Gasteiger partial charge is 0.393 e. The summed E-state index contributed by atoms with van der Waals surface area (Å²) in [6.45, 7) is 5.64. The van der Waals surface area contributed by atoms with Gasteiger partial charge in [0.2, 0.25) is 11.7 Å². The molecule has 0 fully saturated rings. The van der Waals surface area contributed by atoms with E-state index >= 15 is 0 Å². The van der Waals surface area contributed by atoms with Crippen LogP contribution in [0.1, 0.15) is 32.6 Å². The molecule has 0 saturated carbocycles. The maximum Gasteiger partial charge on any atom is 0.232 e. The van der Waals surface area contributed by atoms with E-state index in [1.807, 2.05) is 13.8 Å². The lowest BCUT2D eigenvalue weighted by atomic mass is 9.91. The second kappa shape index (κ2) is 5.48. The highest BCUT2D eigenvalue weighted by Gasteiger charge is 2.27. The fraction of sp³-hybridized carbons (Fsp3) is 0.429. The van der Waals surface area contributed by atoms with Crippen molar-refractivity contribution < 1.29 is 14.0 Å². The summed E-state index contributed by atoms with van der Waals surface area (Å²) in [5, 5.41) is 13.6. The number of aliphatic hydroxyl groups is 1. The molecule has 102 valence electrons. The molecule has 5 heteroatoms. The highest BCUT2D eigenvalue weighted by molar-refractivity contribution is 5.53. The van der Waals surface area contributed by atoms with Crippen molar-refractivity contribution in [2.75, 3.05) is 0 Å². The Bertz CT molecular complexity index is 544. The maximum atomic E-state index is 13.1. The average molecular weight is 264 g/mol. The van der Waals surface area contributed by atoms with Crippen LogP contribution in [-0.2, 0) is 0 Å². The summed E-state index contributed by atoms with van der Waals surface area (Å²) < 4.78 is 18.3. The van der Waals surface area contributed by atoms with Crippen LogP contribution in [0, 0.1) is 11.7 Å². The molecule has 0 aliphatic carbocycles. The number of nitrogens with zero attached hydrogens (tertiary/aromatic N) is 2. The third-order valence-corrected chi connectivity index (χ3v) is 3.05. The first-order chi connectivity index (χ1) is 8.99. The number of benzene rings is 1. The van der Waals surface area contributed by atoms with Crippen molar-refractivity contribution in [2.45, 2.75) is 32.8 Å². The predicted octanol–water partition coefficient (Wildman–Crippen LogP) is 3.00. The molecule has 1 aromatic carbocycles. The van der Waals surface area contributed by atoms with Crippen LogP contribution in [-0.4, -0.2) is 21.4 Å². The standard InChI is InChI=1S/C14H17FN2O2/c1-8(2)12(9(3)18)14-16-13(17-19-14)10-5-4-6-11(15)7-10/h4-9,12,18H,1-3H3. The van der Waals surface area contributed by atoms with E-state index in [1.165, 1.54) is 12.1 Å². The minimum atomic E-state index is -0.583.